The molecule has 3 aromatic rings. The second kappa shape index (κ2) is 14.0. The highest BCUT2D eigenvalue weighted by molar-refractivity contribution is 6.25. The van der Waals surface area contributed by atoms with E-state index in [1.807, 2.05) is 9.80 Å². The Hall–Kier alpha value is -5.78. The summed E-state index contributed by atoms with van der Waals surface area (Å²) in [5, 5.41) is 58.3. The molecular formula is C41H45FN6O10. The number of halogens is 1. The average molecular weight is 801 g/mol. The van der Waals surface area contributed by atoms with Crippen LogP contribution in [0.4, 0.5) is 15.8 Å². The zero-order chi connectivity index (χ0) is 41.7. The Morgan fingerprint density at radius 1 is 1.00 bits per heavy atom. The number of nitrogens with one attached hydrogen (secondary N) is 1. The first-order valence-corrected chi connectivity index (χ1v) is 19.2. The molecule has 2 heterocycles. The van der Waals surface area contributed by atoms with E-state index in [0.717, 1.165) is 18.9 Å². The van der Waals surface area contributed by atoms with E-state index in [0.29, 0.717) is 42.9 Å². The van der Waals surface area contributed by atoms with Crippen molar-refractivity contribution in [3.63, 3.8) is 0 Å². The van der Waals surface area contributed by atoms with E-state index in [-0.39, 0.29) is 53.5 Å². The van der Waals surface area contributed by atoms with Crippen LogP contribution >= 0.6 is 0 Å². The number of phenols is 1. The number of phenolic OH excluding ortho intramolecular Hbond substituents is 1. The van der Waals surface area contributed by atoms with Crippen LogP contribution in [0.25, 0.3) is 16.7 Å². The molecule has 2 saturated carbocycles. The van der Waals surface area contributed by atoms with Crippen molar-refractivity contribution in [1.82, 2.24) is 19.7 Å². The predicted molar refractivity (Wildman–Crippen MR) is 210 cm³/mol. The van der Waals surface area contributed by atoms with Crippen molar-refractivity contribution in [2.75, 3.05) is 70.8 Å². The number of fused-ring (bicyclic) bond motifs is 4. The molecule has 6 N–H and O–H groups in total. The van der Waals surface area contributed by atoms with Gasteiger partial charge in [0.15, 0.2) is 11.4 Å². The summed E-state index contributed by atoms with van der Waals surface area (Å²) < 4.78 is 17.3. The van der Waals surface area contributed by atoms with Gasteiger partial charge in [0.1, 0.15) is 34.2 Å². The fourth-order valence-electron chi connectivity index (χ4n) is 9.45. The van der Waals surface area contributed by atoms with Crippen molar-refractivity contribution < 1.29 is 49.1 Å². The highest BCUT2D eigenvalue weighted by Gasteiger charge is 2.64. The minimum atomic E-state index is -2.74. The normalized spacial score (nSPS) is 24.9. The number of carboxylic acids is 1. The van der Waals surface area contributed by atoms with E-state index in [9.17, 15) is 49.5 Å². The largest absolute Gasteiger partial charge is 0.508 e. The highest BCUT2D eigenvalue weighted by Crippen LogP contribution is 2.53. The van der Waals surface area contributed by atoms with Gasteiger partial charge in [-0.1, -0.05) is 0 Å². The third kappa shape index (κ3) is 5.93. The number of nitrogens with zero attached hydrogens (tertiary/aromatic N) is 5. The summed E-state index contributed by atoms with van der Waals surface area (Å²) in [7, 11) is 6.75. The number of ketones is 2. The third-order valence-electron chi connectivity index (χ3n) is 12.5. The van der Waals surface area contributed by atoms with Gasteiger partial charge >= 0.3 is 5.97 Å². The first-order chi connectivity index (χ1) is 27.4. The number of carboxylic acid groups (broad SMARTS) is 1. The van der Waals surface area contributed by atoms with Gasteiger partial charge in [0.25, 0.3) is 5.91 Å². The Labute approximate surface area is 331 Å². The van der Waals surface area contributed by atoms with Crippen molar-refractivity contribution in [1.29, 1.82) is 0 Å². The number of aliphatic hydroxyl groups excluding tert-OH is 2. The maximum atomic E-state index is 15.6. The summed E-state index contributed by atoms with van der Waals surface area (Å²) >= 11 is 0. The maximum Gasteiger partial charge on any atom is 0.341 e. The molecule has 4 atom stereocenters. The van der Waals surface area contributed by atoms with E-state index in [2.05, 4.69) is 5.32 Å². The zero-order valence-electron chi connectivity index (χ0n) is 32.5. The van der Waals surface area contributed by atoms with Gasteiger partial charge in [-0.25, -0.2) is 9.18 Å². The smallest absolute Gasteiger partial charge is 0.341 e. The molecule has 2 aromatic carbocycles. The number of amides is 1. The van der Waals surface area contributed by atoms with Crippen molar-refractivity contribution in [2.45, 2.75) is 43.4 Å². The second-order valence-corrected chi connectivity index (χ2v) is 16.4. The highest BCUT2D eigenvalue weighted by atomic mass is 19.1. The van der Waals surface area contributed by atoms with E-state index in [1.54, 1.807) is 49.8 Å². The van der Waals surface area contributed by atoms with Crippen LogP contribution in [-0.2, 0) is 20.8 Å². The van der Waals surface area contributed by atoms with Crippen LogP contribution in [0.2, 0.25) is 0 Å². The van der Waals surface area contributed by atoms with Gasteiger partial charge in [0.2, 0.25) is 11.2 Å². The van der Waals surface area contributed by atoms with Crippen LogP contribution in [-0.4, -0.2) is 136 Å². The lowest BCUT2D eigenvalue weighted by atomic mass is 9.57. The van der Waals surface area contributed by atoms with E-state index < -0.39 is 80.8 Å². The SMILES string of the molecule is CN(C)c1ccc(O)c2c1CC1CC3[C@H](N(C)C)C(=O)C(C(=O)NCN4CCN(c5cc6c(cc5F)c(=O)c(C(=O)O)cn6C5CC5)CC4)=C(O)[C@@]3(O)C(=O)C1=C2O. The number of carbonyl (C=O) groups excluding carboxylic acids is 3. The Morgan fingerprint density at radius 2 is 1.69 bits per heavy atom. The van der Waals surface area contributed by atoms with Gasteiger partial charge in [-0.2, -0.15) is 0 Å². The molecule has 0 bridgehead atoms. The minimum absolute atomic E-state index is 0.00122. The molecule has 58 heavy (non-hydrogen) atoms. The summed E-state index contributed by atoms with van der Waals surface area (Å²) in [5.74, 6) is -8.65. The van der Waals surface area contributed by atoms with Crippen LogP contribution in [0.3, 0.4) is 0 Å². The number of hydrogen-bond donors (Lipinski definition) is 6. The molecule has 1 aromatic heterocycles. The van der Waals surface area contributed by atoms with Gasteiger partial charge < -0.3 is 45.2 Å². The molecule has 17 heteroatoms. The van der Waals surface area contributed by atoms with Gasteiger partial charge in [0, 0.05) is 75.1 Å². The van der Waals surface area contributed by atoms with E-state index in [4.69, 9.17) is 0 Å². The average Bonchev–Trinajstić information content (AvgIpc) is 4.01. The number of rotatable bonds is 8. The maximum absolute atomic E-state index is 15.6. The zero-order valence-corrected chi connectivity index (χ0v) is 32.5. The Morgan fingerprint density at radius 3 is 2.31 bits per heavy atom. The monoisotopic (exact) mass is 800 g/mol. The number of pyridine rings is 1. The van der Waals surface area contributed by atoms with Crippen molar-refractivity contribution >= 4 is 51.5 Å². The molecule has 4 aliphatic carbocycles. The number of Topliss-reactive ketones (excluding diaryl/α,β-unsaturated/α-hetero) is 2. The fourth-order valence-corrected chi connectivity index (χ4v) is 9.45. The molecule has 5 aliphatic rings. The number of aromatic carboxylic acids is 1. The summed E-state index contributed by atoms with van der Waals surface area (Å²) in [4.78, 5) is 73.9. The number of aromatic hydroxyl groups is 1. The standard InChI is InChI=1S/C41H45FN6O10/c1-44(2)26-7-8-29(49)31-21(26)13-19-14-24-33(45(3)4)36(52)32(38(54)41(24,58)37(53)30(19)35(31)51)39(55)43-18-46-9-11-47(12-10-46)28-16-27-22(15-25(28)42)34(50)23(40(56)57)17-48(27)20-5-6-20/h7-8,15-17,19-20,24,33,49,51,54,58H,5-6,9-14,18H2,1-4H3,(H,43,55)(H,56,57)/t19?,24?,33-,41-/m0/s1. The number of aliphatic hydroxyl groups is 3. The first-order valence-electron chi connectivity index (χ1n) is 19.2. The second-order valence-electron chi connectivity index (χ2n) is 16.4. The van der Waals surface area contributed by atoms with Crippen molar-refractivity contribution in [3.8, 4) is 5.75 Å². The Kier molecular flexibility index (Phi) is 9.40. The molecule has 2 unspecified atom stereocenters. The number of likely N-dealkylation sites (N-methyl/N-ethyl adjacent to an activating group) is 1. The first kappa shape index (κ1) is 39.1. The Balaban J connectivity index is 1.03. The lowest BCUT2D eigenvalue weighted by Gasteiger charge is -2.50. The number of aromatic nitrogens is 1. The molecule has 306 valence electrons. The third-order valence-corrected chi connectivity index (χ3v) is 12.5. The van der Waals surface area contributed by atoms with E-state index >= 15 is 4.39 Å². The molecule has 0 radical (unpaired) electrons. The van der Waals surface area contributed by atoms with E-state index in [1.165, 1.54) is 17.2 Å². The van der Waals surface area contributed by atoms with Crippen molar-refractivity contribution in [2.24, 2.45) is 11.8 Å². The lowest BCUT2D eigenvalue weighted by Crippen LogP contribution is -2.66. The molecule has 1 saturated heterocycles. The van der Waals surface area contributed by atoms with Gasteiger partial charge in [-0.05, 0) is 75.5 Å². The van der Waals surface area contributed by atoms with Gasteiger partial charge in [-0.3, -0.25) is 29.0 Å². The number of carbonyl (C=O) groups is 4. The molecule has 0 spiro atoms. The lowest BCUT2D eigenvalue weighted by molar-refractivity contribution is -0.153. The quantitative estimate of drug-likeness (QED) is 0.180. The van der Waals surface area contributed by atoms with Crippen LogP contribution in [0.15, 0.2) is 52.2 Å². The van der Waals surface area contributed by atoms with Gasteiger partial charge in [0.05, 0.1) is 29.5 Å². The van der Waals surface area contributed by atoms with Crippen LogP contribution in [0.5, 0.6) is 5.75 Å². The molecule has 3 fully saturated rings. The number of benzene rings is 2. The topological polar surface area (TPSA) is 216 Å². The number of anilines is 2. The molecular weight excluding hydrogens is 755 g/mol. The van der Waals surface area contributed by atoms with Crippen LogP contribution in [0, 0.1) is 17.7 Å². The number of hydrogen-bond acceptors (Lipinski definition) is 13. The van der Waals surface area contributed by atoms with Crippen molar-refractivity contribution in [3.05, 3.63) is 80.1 Å². The van der Waals surface area contributed by atoms with Crippen LogP contribution < -0.4 is 20.5 Å². The Bertz CT molecular complexity index is 2450. The predicted octanol–water partition coefficient (Wildman–Crippen LogP) is 1.93. The number of piperazine rings is 1. The summed E-state index contributed by atoms with van der Waals surface area (Å²) in [6, 6.07) is 4.56. The molecule has 8 rings (SSSR count). The summed E-state index contributed by atoms with van der Waals surface area (Å²) in [6.07, 6.45) is 3.14. The molecule has 1 amide bonds. The summed E-state index contributed by atoms with van der Waals surface area (Å²) in [6.45, 7) is 1.16. The summed E-state index contributed by atoms with van der Waals surface area (Å²) in [5.41, 5.74) is -2.86. The molecule has 16 nitrogen and oxygen atoms in total. The minimum Gasteiger partial charge on any atom is -0.508 e. The fraction of sp³-hybridized carbons (Fsp3) is 0.439. The van der Waals surface area contributed by atoms with Crippen LogP contribution in [0.1, 0.15) is 46.8 Å². The molecule has 1 aliphatic heterocycles. The van der Waals surface area contributed by atoms with Gasteiger partial charge in [-0.15, -0.1) is 0 Å².